The number of rotatable bonds is 8. The molecule has 2 aromatic carbocycles. The highest BCUT2D eigenvalue weighted by Crippen LogP contribution is 2.22. The first-order chi connectivity index (χ1) is 14.7. The molecule has 1 atom stereocenters. The number of aryl methyl sites for hydroxylation is 1. The van der Waals surface area contributed by atoms with Gasteiger partial charge in [-0.05, 0) is 30.5 Å². The molecule has 1 fully saturated rings. The predicted molar refractivity (Wildman–Crippen MR) is 122 cm³/mol. The van der Waals surface area contributed by atoms with Gasteiger partial charge in [-0.15, -0.1) is 0 Å². The number of ether oxygens (including phenoxy) is 2. The molecular weight excluding hydrogens is 376 g/mol. The molecule has 2 N–H and O–H groups in total. The highest BCUT2D eigenvalue weighted by atomic mass is 16.5. The Kier molecular flexibility index (Phi) is 8.53. The Morgan fingerprint density at radius 1 is 1.10 bits per heavy atom. The average Bonchev–Trinajstić information content (AvgIpc) is 2.80. The summed E-state index contributed by atoms with van der Waals surface area (Å²) in [6, 6.07) is 17.2. The molecule has 0 aliphatic carbocycles. The van der Waals surface area contributed by atoms with E-state index >= 15 is 0 Å². The quantitative estimate of drug-likeness (QED) is 0.518. The van der Waals surface area contributed by atoms with Gasteiger partial charge in [0, 0.05) is 33.2 Å². The third-order valence-electron chi connectivity index (χ3n) is 5.51. The molecule has 0 spiro atoms. The van der Waals surface area contributed by atoms with Crippen LogP contribution in [0.3, 0.4) is 0 Å². The molecule has 1 aliphatic heterocycles. The highest BCUT2D eigenvalue weighted by Gasteiger charge is 2.22. The first-order valence-electron chi connectivity index (χ1n) is 10.7. The maximum absolute atomic E-state index is 5.56. The Morgan fingerprint density at radius 3 is 2.53 bits per heavy atom. The number of nitrogens with one attached hydrogen (secondary N) is 2. The zero-order chi connectivity index (χ0) is 21.2. The summed E-state index contributed by atoms with van der Waals surface area (Å²) in [5.74, 6) is 1.74. The lowest BCUT2D eigenvalue weighted by Crippen LogP contribution is -2.46. The Hall–Kier alpha value is -2.57. The maximum Gasteiger partial charge on any atom is 0.191 e. The number of nitrogens with zero attached hydrogens (tertiary/aromatic N) is 2. The van der Waals surface area contributed by atoms with Gasteiger partial charge in [-0.25, -0.2) is 0 Å². The molecule has 0 saturated carbocycles. The van der Waals surface area contributed by atoms with Crippen LogP contribution in [0.1, 0.15) is 22.7 Å². The van der Waals surface area contributed by atoms with E-state index in [9.17, 15) is 0 Å². The minimum atomic E-state index is 0.280. The molecule has 0 bridgehead atoms. The zero-order valence-corrected chi connectivity index (χ0v) is 18.4. The standard InChI is InChI=1S/C24H34N4O2/c1-19-8-10-20(11-9-19)22(28-14-16-30-17-15-28)18-27-24(25-2)26-13-12-21-6-4-5-7-23(21)29-3/h4-11,22H,12-18H2,1-3H3,(H2,25,26,27). The second-order valence-electron chi connectivity index (χ2n) is 7.52. The smallest absolute Gasteiger partial charge is 0.191 e. The van der Waals surface area contributed by atoms with Crippen molar-refractivity contribution in [1.29, 1.82) is 0 Å². The Bertz CT molecular complexity index is 801. The lowest BCUT2D eigenvalue weighted by Gasteiger charge is -2.35. The van der Waals surface area contributed by atoms with E-state index in [0.717, 1.165) is 57.5 Å². The van der Waals surface area contributed by atoms with Crippen molar-refractivity contribution in [2.24, 2.45) is 4.99 Å². The lowest BCUT2D eigenvalue weighted by molar-refractivity contribution is 0.0170. The van der Waals surface area contributed by atoms with Gasteiger partial charge in [0.1, 0.15) is 5.75 Å². The number of guanidine groups is 1. The van der Waals surface area contributed by atoms with Gasteiger partial charge in [-0.2, -0.15) is 0 Å². The minimum Gasteiger partial charge on any atom is -0.496 e. The van der Waals surface area contributed by atoms with E-state index in [1.807, 2.05) is 25.2 Å². The van der Waals surface area contributed by atoms with Crippen LogP contribution in [0.4, 0.5) is 0 Å². The third-order valence-corrected chi connectivity index (χ3v) is 5.51. The summed E-state index contributed by atoms with van der Waals surface area (Å²) in [5, 5.41) is 6.95. The molecule has 1 heterocycles. The van der Waals surface area contributed by atoms with E-state index in [4.69, 9.17) is 9.47 Å². The summed E-state index contributed by atoms with van der Waals surface area (Å²) in [5.41, 5.74) is 3.79. The number of para-hydroxylation sites is 1. The summed E-state index contributed by atoms with van der Waals surface area (Å²) < 4.78 is 11.0. The van der Waals surface area contributed by atoms with Crippen LogP contribution in [0.25, 0.3) is 0 Å². The number of methoxy groups -OCH3 is 1. The first-order valence-corrected chi connectivity index (χ1v) is 10.7. The molecular formula is C24H34N4O2. The fourth-order valence-electron chi connectivity index (χ4n) is 3.77. The van der Waals surface area contributed by atoms with Gasteiger partial charge < -0.3 is 20.1 Å². The minimum absolute atomic E-state index is 0.280. The molecule has 2 aromatic rings. The second kappa shape index (κ2) is 11.6. The SMILES string of the molecule is CN=C(NCCc1ccccc1OC)NCC(c1ccc(C)cc1)N1CCOCC1. The van der Waals surface area contributed by atoms with Crippen LogP contribution in [-0.2, 0) is 11.2 Å². The van der Waals surface area contributed by atoms with Crippen molar-refractivity contribution in [3.63, 3.8) is 0 Å². The number of hydrogen-bond acceptors (Lipinski definition) is 4. The van der Waals surface area contributed by atoms with Gasteiger partial charge in [-0.3, -0.25) is 9.89 Å². The molecule has 6 nitrogen and oxygen atoms in total. The number of aliphatic imine (C=N–C) groups is 1. The van der Waals surface area contributed by atoms with E-state index in [1.54, 1.807) is 7.11 Å². The normalized spacial score (nSPS) is 16.2. The molecule has 0 amide bonds. The van der Waals surface area contributed by atoms with Gasteiger partial charge in [0.25, 0.3) is 0 Å². The van der Waals surface area contributed by atoms with Gasteiger partial charge in [0.2, 0.25) is 0 Å². The van der Waals surface area contributed by atoms with Crippen molar-refractivity contribution in [2.75, 3.05) is 53.6 Å². The van der Waals surface area contributed by atoms with Crippen LogP contribution in [-0.4, -0.2) is 64.4 Å². The summed E-state index contributed by atoms with van der Waals surface area (Å²) in [4.78, 5) is 6.90. The predicted octanol–water partition coefficient (Wildman–Crippen LogP) is 2.78. The van der Waals surface area contributed by atoms with Crippen molar-refractivity contribution in [1.82, 2.24) is 15.5 Å². The van der Waals surface area contributed by atoms with Crippen molar-refractivity contribution in [3.8, 4) is 5.75 Å². The van der Waals surface area contributed by atoms with Crippen LogP contribution in [0.5, 0.6) is 5.75 Å². The molecule has 1 saturated heterocycles. The molecule has 1 unspecified atom stereocenters. The summed E-state index contributed by atoms with van der Waals surface area (Å²) >= 11 is 0. The topological polar surface area (TPSA) is 58.1 Å². The Labute approximate surface area is 180 Å². The van der Waals surface area contributed by atoms with E-state index in [-0.39, 0.29) is 6.04 Å². The number of morpholine rings is 1. The fraction of sp³-hybridized carbons (Fsp3) is 0.458. The summed E-state index contributed by atoms with van der Waals surface area (Å²) in [6.07, 6.45) is 0.871. The maximum atomic E-state index is 5.56. The van der Waals surface area contributed by atoms with Crippen LogP contribution in [0.15, 0.2) is 53.5 Å². The molecule has 6 heteroatoms. The Morgan fingerprint density at radius 2 is 1.83 bits per heavy atom. The van der Waals surface area contributed by atoms with Crippen LogP contribution >= 0.6 is 0 Å². The monoisotopic (exact) mass is 410 g/mol. The van der Waals surface area contributed by atoms with Crippen molar-refractivity contribution >= 4 is 5.96 Å². The lowest BCUT2D eigenvalue weighted by atomic mass is 10.0. The van der Waals surface area contributed by atoms with Gasteiger partial charge in [-0.1, -0.05) is 48.0 Å². The van der Waals surface area contributed by atoms with Crippen molar-refractivity contribution in [3.05, 3.63) is 65.2 Å². The molecule has 1 aliphatic rings. The summed E-state index contributed by atoms with van der Waals surface area (Å²) in [6.45, 7) is 7.16. The first kappa shape index (κ1) is 22.1. The van der Waals surface area contributed by atoms with Crippen LogP contribution in [0.2, 0.25) is 0 Å². The van der Waals surface area contributed by atoms with Gasteiger partial charge in [0.15, 0.2) is 5.96 Å². The molecule has 162 valence electrons. The fourth-order valence-corrected chi connectivity index (χ4v) is 3.77. The molecule has 0 aromatic heterocycles. The second-order valence-corrected chi connectivity index (χ2v) is 7.52. The largest absolute Gasteiger partial charge is 0.496 e. The third kappa shape index (κ3) is 6.21. The van der Waals surface area contributed by atoms with Crippen LogP contribution < -0.4 is 15.4 Å². The number of hydrogen-bond donors (Lipinski definition) is 2. The van der Waals surface area contributed by atoms with E-state index in [1.165, 1.54) is 16.7 Å². The van der Waals surface area contributed by atoms with Gasteiger partial charge in [0.05, 0.1) is 26.4 Å². The molecule has 30 heavy (non-hydrogen) atoms. The Balaban J connectivity index is 1.58. The average molecular weight is 411 g/mol. The number of benzene rings is 2. The summed E-state index contributed by atoms with van der Waals surface area (Å²) in [7, 11) is 3.53. The van der Waals surface area contributed by atoms with Crippen molar-refractivity contribution < 1.29 is 9.47 Å². The van der Waals surface area contributed by atoms with E-state index in [0.29, 0.717) is 0 Å². The van der Waals surface area contributed by atoms with E-state index < -0.39 is 0 Å². The molecule has 3 rings (SSSR count). The van der Waals surface area contributed by atoms with Crippen molar-refractivity contribution in [2.45, 2.75) is 19.4 Å². The zero-order valence-electron chi connectivity index (χ0n) is 18.4. The van der Waals surface area contributed by atoms with Crippen LogP contribution in [0, 0.1) is 6.92 Å². The van der Waals surface area contributed by atoms with E-state index in [2.05, 4.69) is 57.8 Å². The highest BCUT2D eigenvalue weighted by molar-refractivity contribution is 5.79. The molecule has 0 radical (unpaired) electrons. The van der Waals surface area contributed by atoms with Gasteiger partial charge >= 0.3 is 0 Å².